The monoisotopic (exact) mass is 317 g/mol. The van der Waals surface area contributed by atoms with Crippen LogP contribution in [0.2, 0.25) is 0 Å². The number of nitrogens with zero attached hydrogens (tertiary/aromatic N) is 2. The molecule has 2 aliphatic rings. The molecule has 2 N–H and O–H groups in total. The Morgan fingerprint density at radius 1 is 1.09 bits per heavy atom. The van der Waals surface area contributed by atoms with Gasteiger partial charge in [0, 0.05) is 31.5 Å². The van der Waals surface area contributed by atoms with Gasteiger partial charge in [0.2, 0.25) is 0 Å². The molecule has 1 aliphatic heterocycles. The first-order valence-electron chi connectivity index (χ1n) is 9.31. The van der Waals surface area contributed by atoms with Crippen molar-refractivity contribution < 1.29 is 5.11 Å². The van der Waals surface area contributed by atoms with E-state index in [2.05, 4.69) is 27.3 Å². The van der Waals surface area contributed by atoms with Gasteiger partial charge in [0.1, 0.15) is 0 Å². The van der Waals surface area contributed by atoms with Crippen molar-refractivity contribution in [2.75, 3.05) is 19.6 Å². The maximum absolute atomic E-state index is 10.7. The third-order valence-corrected chi connectivity index (χ3v) is 5.50. The first-order chi connectivity index (χ1) is 11.2. The van der Waals surface area contributed by atoms with E-state index in [9.17, 15) is 5.11 Å². The SMILES string of the molecule is OC1(CNC2CCN(Cc3ccncc3)CC2)CCCCCC1. The van der Waals surface area contributed by atoms with Crippen LogP contribution in [0.4, 0.5) is 0 Å². The highest BCUT2D eigenvalue weighted by molar-refractivity contribution is 5.09. The summed E-state index contributed by atoms with van der Waals surface area (Å²) in [6, 6.07) is 4.77. The molecular weight excluding hydrogens is 286 g/mol. The van der Waals surface area contributed by atoms with Gasteiger partial charge in [-0.3, -0.25) is 9.88 Å². The molecule has 2 fully saturated rings. The lowest BCUT2D eigenvalue weighted by molar-refractivity contribution is 0.0202. The fourth-order valence-electron chi connectivity index (χ4n) is 3.94. The van der Waals surface area contributed by atoms with Crippen molar-refractivity contribution in [2.24, 2.45) is 0 Å². The maximum Gasteiger partial charge on any atom is 0.0771 e. The first-order valence-corrected chi connectivity index (χ1v) is 9.31. The molecular formula is C19H31N3O. The molecule has 0 radical (unpaired) electrons. The van der Waals surface area contributed by atoms with Crippen LogP contribution < -0.4 is 5.32 Å². The second kappa shape index (κ2) is 8.22. The molecule has 4 heteroatoms. The first kappa shape index (κ1) is 16.9. The second-order valence-electron chi connectivity index (χ2n) is 7.43. The van der Waals surface area contributed by atoms with Crippen molar-refractivity contribution in [3.8, 4) is 0 Å². The van der Waals surface area contributed by atoms with Crippen molar-refractivity contribution >= 4 is 0 Å². The summed E-state index contributed by atoms with van der Waals surface area (Å²) in [5.41, 5.74) is 0.893. The summed E-state index contributed by atoms with van der Waals surface area (Å²) in [6.45, 7) is 4.08. The normalized spacial score (nSPS) is 23.5. The maximum atomic E-state index is 10.7. The van der Waals surface area contributed by atoms with Crippen molar-refractivity contribution in [1.82, 2.24) is 15.2 Å². The molecule has 0 spiro atoms. The third-order valence-electron chi connectivity index (χ3n) is 5.50. The van der Waals surface area contributed by atoms with Gasteiger partial charge in [0.15, 0.2) is 0 Å². The van der Waals surface area contributed by atoms with E-state index in [0.717, 1.165) is 39.0 Å². The number of likely N-dealkylation sites (tertiary alicyclic amines) is 1. The fourth-order valence-corrected chi connectivity index (χ4v) is 3.94. The molecule has 1 aromatic heterocycles. The van der Waals surface area contributed by atoms with Crippen molar-refractivity contribution in [3.63, 3.8) is 0 Å². The zero-order valence-electron chi connectivity index (χ0n) is 14.2. The standard InChI is InChI=1S/C19H31N3O/c23-19(9-3-1-2-4-10-19)16-21-18-7-13-22(14-8-18)15-17-5-11-20-12-6-17/h5-6,11-12,18,21,23H,1-4,7-10,13-16H2. The van der Waals surface area contributed by atoms with E-state index >= 15 is 0 Å². The van der Waals surface area contributed by atoms with Gasteiger partial charge in [-0.25, -0.2) is 0 Å². The summed E-state index contributed by atoms with van der Waals surface area (Å²) >= 11 is 0. The van der Waals surface area contributed by atoms with E-state index < -0.39 is 5.60 Å². The number of aliphatic hydroxyl groups is 1. The number of rotatable bonds is 5. The quantitative estimate of drug-likeness (QED) is 0.820. The van der Waals surface area contributed by atoms with Gasteiger partial charge in [-0.05, 0) is 56.5 Å². The predicted molar refractivity (Wildman–Crippen MR) is 93.2 cm³/mol. The van der Waals surface area contributed by atoms with Crippen molar-refractivity contribution in [3.05, 3.63) is 30.1 Å². The Hall–Kier alpha value is -0.970. The van der Waals surface area contributed by atoms with E-state index in [4.69, 9.17) is 0 Å². The lowest BCUT2D eigenvalue weighted by Crippen LogP contribution is -2.48. The molecule has 128 valence electrons. The van der Waals surface area contributed by atoms with E-state index in [-0.39, 0.29) is 0 Å². The topological polar surface area (TPSA) is 48.4 Å². The van der Waals surface area contributed by atoms with Crippen LogP contribution in [0, 0.1) is 0 Å². The van der Waals surface area contributed by atoms with Gasteiger partial charge >= 0.3 is 0 Å². The summed E-state index contributed by atoms with van der Waals surface area (Å²) in [4.78, 5) is 6.60. The fraction of sp³-hybridized carbons (Fsp3) is 0.737. The molecule has 1 saturated carbocycles. The zero-order chi connectivity index (χ0) is 16.0. The Labute approximate surface area is 140 Å². The average molecular weight is 317 g/mol. The van der Waals surface area contributed by atoms with Gasteiger partial charge < -0.3 is 10.4 Å². The molecule has 0 unspecified atom stereocenters. The number of pyridine rings is 1. The predicted octanol–water partition coefficient (Wildman–Crippen LogP) is 2.72. The lowest BCUT2D eigenvalue weighted by atomic mass is 9.93. The number of aromatic nitrogens is 1. The number of hydrogen-bond donors (Lipinski definition) is 2. The Bertz CT molecular complexity index is 449. The van der Waals surface area contributed by atoms with E-state index in [0.29, 0.717) is 6.04 Å². The number of piperidine rings is 1. The van der Waals surface area contributed by atoms with Crippen molar-refractivity contribution in [2.45, 2.75) is 69.6 Å². The number of hydrogen-bond acceptors (Lipinski definition) is 4. The summed E-state index contributed by atoms with van der Waals surface area (Å²) in [5, 5.41) is 14.4. The Morgan fingerprint density at radius 3 is 2.39 bits per heavy atom. The third kappa shape index (κ3) is 5.27. The van der Waals surface area contributed by atoms with Crippen LogP contribution in [-0.2, 0) is 6.54 Å². The largest absolute Gasteiger partial charge is 0.389 e. The van der Waals surface area contributed by atoms with E-state index in [1.807, 2.05) is 12.4 Å². The Morgan fingerprint density at radius 2 is 1.74 bits per heavy atom. The van der Waals surface area contributed by atoms with Crippen LogP contribution in [0.5, 0.6) is 0 Å². The highest BCUT2D eigenvalue weighted by atomic mass is 16.3. The van der Waals surface area contributed by atoms with Crippen LogP contribution in [0.3, 0.4) is 0 Å². The number of nitrogens with one attached hydrogen (secondary N) is 1. The molecule has 0 bridgehead atoms. The second-order valence-corrected chi connectivity index (χ2v) is 7.43. The molecule has 4 nitrogen and oxygen atoms in total. The van der Waals surface area contributed by atoms with E-state index in [1.165, 1.54) is 44.1 Å². The molecule has 0 amide bonds. The van der Waals surface area contributed by atoms with Crippen LogP contribution in [-0.4, -0.2) is 46.3 Å². The van der Waals surface area contributed by atoms with Crippen molar-refractivity contribution in [1.29, 1.82) is 0 Å². The lowest BCUT2D eigenvalue weighted by Gasteiger charge is -2.35. The summed E-state index contributed by atoms with van der Waals surface area (Å²) in [6.07, 6.45) is 13.0. The zero-order valence-corrected chi connectivity index (χ0v) is 14.2. The van der Waals surface area contributed by atoms with Crippen LogP contribution in [0.25, 0.3) is 0 Å². The van der Waals surface area contributed by atoms with Gasteiger partial charge in [0.25, 0.3) is 0 Å². The molecule has 23 heavy (non-hydrogen) atoms. The minimum absolute atomic E-state index is 0.454. The molecule has 3 rings (SSSR count). The highest BCUT2D eigenvalue weighted by Gasteiger charge is 2.29. The molecule has 1 aromatic rings. The minimum atomic E-state index is -0.454. The van der Waals surface area contributed by atoms with E-state index in [1.54, 1.807) is 0 Å². The van der Waals surface area contributed by atoms with Crippen LogP contribution >= 0.6 is 0 Å². The summed E-state index contributed by atoms with van der Waals surface area (Å²) in [5.74, 6) is 0. The van der Waals surface area contributed by atoms with Gasteiger partial charge in [-0.15, -0.1) is 0 Å². The average Bonchev–Trinajstić information content (AvgIpc) is 2.80. The molecule has 1 aliphatic carbocycles. The molecule has 1 saturated heterocycles. The molecule has 2 heterocycles. The molecule has 0 atom stereocenters. The van der Waals surface area contributed by atoms with Crippen LogP contribution in [0.15, 0.2) is 24.5 Å². The Kier molecular flexibility index (Phi) is 6.03. The molecule has 0 aromatic carbocycles. The smallest absolute Gasteiger partial charge is 0.0771 e. The minimum Gasteiger partial charge on any atom is -0.389 e. The van der Waals surface area contributed by atoms with Gasteiger partial charge in [0.05, 0.1) is 5.60 Å². The summed E-state index contributed by atoms with van der Waals surface area (Å²) in [7, 11) is 0. The highest BCUT2D eigenvalue weighted by Crippen LogP contribution is 2.26. The Balaban J connectivity index is 1.39. The summed E-state index contributed by atoms with van der Waals surface area (Å²) < 4.78 is 0. The van der Waals surface area contributed by atoms with Crippen LogP contribution in [0.1, 0.15) is 56.9 Å². The van der Waals surface area contributed by atoms with Gasteiger partial charge in [-0.2, -0.15) is 0 Å². The van der Waals surface area contributed by atoms with Gasteiger partial charge in [-0.1, -0.05) is 25.7 Å².